The van der Waals surface area contributed by atoms with Crippen molar-refractivity contribution >= 4 is 41.0 Å². The number of halogens is 6. The molecule has 2 atom stereocenters. The molecule has 3 aromatic rings. The number of hydrogen-bond donors (Lipinski definition) is 2. The van der Waals surface area contributed by atoms with Crippen LogP contribution in [0.5, 0.6) is 5.75 Å². The Kier molecular flexibility index (Phi) is 10.8. The summed E-state index contributed by atoms with van der Waals surface area (Å²) in [5.41, 5.74) is 2.72. The molecule has 1 amide bonds. The van der Waals surface area contributed by atoms with Crippen LogP contribution in [0.1, 0.15) is 71.6 Å². The van der Waals surface area contributed by atoms with Crippen molar-refractivity contribution in [1.82, 2.24) is 9.80 Å². The fourth-order valence-electron chi connectivity index (χ4n) is 6.44. The van der Waals surface area contributed by atoms with Crippen LogP contribution in [-0.2, 0) is 9.59 Å². The van der Waals surface area contributed by atoms with E-state index in [1.165, 1.54) is 11.0 Å². The van der Waals surface area contributed by atoms with Crippen molar-refractivity contribution in [3.63, 3.8) is 0 Å². The van der Waals surface area contributed by atoms with E-state index >= 15 is 4.39 Å². The number of carbonyl (C=O) groups excluding carboxylic acids is 1. The van der Waals surface area contributed by atoms with Gasteiger partial charge in [-0.15, -0.1) is 0 Å². The first-order valence-electron chi connectivity index (χ1n) is 15.6. The molecular formula is C35H34Cl2F4N2O6. The molecule has 14 heteroatoms. The van der Waals surface area contributed by atoms with E-state index in [1.54, 1.807) is 12.1 Å². The van der Waals surface area contributed by atoms with Crippen LogP contribution < -0.4 is 4.74 Å². The van der Waals surface area contributed by atoms with E-state index in [-0.39, 0.29) is 22.9 Å². The maximum atomic E-state index is 15.4. The highest BCUT2D eigenvalue weighted by Gasteiger charge is 2.44. The molecule has 2 N–H and O–H groups in total. The van der Waals surface area contributed by atoms with E-state index < -0.39 is 35.9 Å². The molecule has 3 aliphatic rings. The van der Waals surface area contributed by atoms with E-state index in [9.17, 15) is 27.9 Å². The van der Waals surface area contributed by atoms with Gasteiger partial charge in [-0.3, -0.25) is 9.69 Å². The molecule has 6 rings (SSSR count). The molecule has 2 heterocycles. The average Bonchev–Trinajstić information content (AvgIpc) is 3.73. The first-order valence-corrected chi connectivity index (χ1v) is 16.4. The Bertz CT molecular complexity index is 1690. The van der Waals surface area contributed by atoms with Crippen molar-refractivity contribution in [2.75, 3.05) is 26.2 Å². The van der Waals surface area contributed by atoms with Crippen LogP contribution in [-0.4, -0.2) is 76.3 Å². The van der Waals surface area contributed by atoms with Crippen molar-refractivity contribution in [3.05, 3.63) is 98.8 Å². The number of carbonyl (C=O) groups is 3. The minimum atomic E-state index is -5.08. The van der Waals surface area contributed by atoms with Gasteiger partial charge in [0, 0.05) is 41.2 Å². The first-order chi connectivity index (χ1) is 23.1. The molecule has 2 saturated heterocycles. The second kappa shape index (κ2) is 14.5. The highest BCUT2D eigenvalue weighted by Crippen LogP contribution is 2.47. The topological polar surface area (TPSA) is 107 Å². The Morgan fingerprint density at radius 2 is 1.57 bits per heavy atom. The number of nitrogens with zero attached hydrogens (tertiary/aromatic N) is 2. The summed E-state index contributed by atoms with van der Waals surface area (Å²) in [5.74, 6) is -4.39. The third-order valence-corrected chi connectivity index (χ3v) is 9.25. The fraction of sp³-hybridized carbons (Fsp3) is 0.400. The van der Waals surface area contributed by atoms with E-state index in [0.29, 0.717) is 41.8 Å². The zero-order valence-electron chi connectivity index (χ0n) is 26.4. The zero-order chi connectivity index (χ0) is 35.7. The molecule has 0 aromatic heterocycles. The van der Waals surface area contributed by atoms with Crippen molar-refractivity contribution in [1.29, 1.82) is 0 Å². The monoisotopic (exact) mass is 724 g/mol. The molecule has 1 unspecified atom stereocenters. The number of hydrogen-bond acceptors (Lipinski definition) is 5. The normalized spacial score (nSPS) is 19.3. The number of ether oxygens (including phenoxy) is 1. The van der Waals surface area contributed by atoms with E-state index in [4.69, 9.17) is 37.8 Å². The van der Waals surface area contributed by atoms with Gasteiger partial charge in [-0.25, -0.2) is 14.0 Å². The van der Waals surface area contributed by atoms with Gasteiger partial charge in [0.05, 0.1) is 18.2 Å². The lowest BCUT2D eigenvalue weighted by Crippen LogP contribution is -2.58. The Morgan fingerprint density at radius 3 is 2.12 bits per heavy atom. The lowest BCUT2D eigenvalue weighted by molar-refractivity contribution is -0.192. The quantitative estimate of drug-likeness (QED) is 0.217. The largest absolute Gasteiger partial charge is 0.493 e. The van der Waals surface area contributed by atoms with Crippen LogP contribution in [0.2, 0.25) is 10.0 Å². The summed E-state index contributed by atoms with van der Waals surface area (Å²) in [5, 5.41) is 17.8. The SMILES string of the molecule is CC1(COc2cc(F)c(C(=O)N3CCC[C@H]3C(=O)O)cc2C2CC2)CN(C(c2ccccc2)c2cc(Cl)cc(Cl)c2)C1.O=C(O)C(F)(F)F. The van der Waals surface area contributed by atoms with E-state index in [2.05, 4.69) is 24.0 Å². The minimum Gasteiger partial charge on any atom is -0.493 e. The van der Waals surface area contributed by atoms with Gasteiger partial charge in [-0.05, 0) is 72.6 Å². The smallest absolute Gasteiger partial charge is 0.490 e. The Morgan fingerprint density at radius 1 is 0.959 bits per heavy atom. The second-order valence-corrected chi connectivity index (χ2v) is 13.8. The molecule has 49 heavy (non-hydrogen) atoms. The van der Waals surface area contributed by atoms with Crippen LogP contribution in [0.3, 0.4) is 0 Å². The molecular weight excluding hydrogens is 691 g/mol. The van der Waals surface area contributed by atoms with Crippen LogP contribution in [0.15, 0.2) is 60.7 Å². The first kappa shape index (κ1) is 36.4. The number of carboxylic acids is 2. The van der Waals surface area contributed by atoms with Crippen LogP contribution in [0, 0.1) is 11.2 Å². The number of likely N-dealkylation sites (tertiary alicyclic amines) is 2. The summed E-state index contributed by atoms with van der Waals surface area (Å²) < 4.78 is 53.4. The molecule has 2 aliphatic heterocycles. The maximum Gasteiger partial charge on any atom is 0.490 e. The molecule has 3 fully saturated rings. The average molecular weight is 726 g/mol. The lowest BCUT2D eigenvalue weighted by Gasteiger charge is -2.51. The molecule has 1 aliphatic carbocycles. The third kappa shape index (κ3) is 8.66. The number of aliphatic carboxylic acids is 2. The van der Waals surface area contributed by atoms with Gasteiger partial charge in [0.1, 0.15) is 17.6 Å². The highest BCUT2D eigenvalue weighted by atomic mass is 35.5. The van der Waals surface area contributed by atoms with E-state index in [0.717, 1.165) is 42.6 Å². The van der Waals surface area contributed by atoms with Gasteiger partial charge < -0.3 is 19.8 Å². The molecule has 0 radical (unpaired) electrons. The van der Waals surface area contributed by atoms with Gasteiger partial charge in [0.15, 0.2) is 0 Å². The third-order valence-electron chi connectivity index (χ3n) is 8.82. The van der Waals surface area contributed by atoms with Crippen molar-refractivity contribution in [2.45, 2.75) is 56.8 Å². The van der Waals surface area contributed by atoms with Crippen molar-refractivity contribution < 1.29 is 46.9 Å². The highest BCUT2D eigenvalue weighted by molar-refractivity contribution is 6.34. The van der Waals surface area contributed by atoms with Crippen molar-refractivity contribution in [3.8, 4) is 5.75 Å². The number of alkyl halides is 3. The maximum absolute atomic E-state index is 15.4. The van der Waals surface area contributed by atoms with Gasteiger partial charge in [-0.1, -0.05) is 60.5 Å². The lowest BCUT2D eigenvalue weighted by atomic mass is 9.79. The van der Waals surface area contributed by atoms with Gasteiger partial charge in [-0.2, -0.15) is 13.2 Å². The number of amides is 1. The Balaban J connectivity index is 0.000000606. The Labute approximate surface area is 290 Å². The summed E-state index contributed by atoms with van der Waals surface area (Å²) in [6, 6.07) is 17.8. The molecule has 1 saturated carbocycles. The van der Waals surface area contributed by atoms with E-state index in [1.807, 2.05) is 30.3 Å². The number of carboxylic acid groups (broad SMARTS) is 2. The molecule has 262 valence electrons. The van der Waals surface area contributed by atoms with Gasteiger partial charge in [0.2, 0.25) is 0 Å². The summed E-state index contributed by atoms with van der Waals surface area (Å²) in [7, 11) is 0. The molecule has 8 nitrogen and oxygen atoms in total. The fourth-order valence-corrected chi connectivity index (χ4v) is 6.98. The predicted octanol–water partition coefficient (Wildman–Crippen LogP) is 7.82. The van der Waals surface area contributed by atoms with Gasteiger partial charge in [0.25, 0.3) is 5.91 Å². The number of rotatable bonds is 9. The Hall–Kier alpha value is -3.87. The molecule has 3 aromatic carbocycles. The molecule has 0 spiro atoms. The van der Waals surface area contributed by atoms with Crippen LogP contribution in [0.25, 0.3) is 0 Å². The predicted molar refractivity (Wildman–Crippen MR) is 174 cm³/mol. The van der Waals surface area contributed by atoms with Crippen molar-refractivity contribution in [2.24, 2.45) is 5.41 Å². The summed E-state index contributed by atoms with van der Waals surface area (Å²) in [4.78, 5) is 37.3. The summed E-state index contributed by atoms with van der Waals surface area (Å²) in [6.07, 6.45) is -2.22. The van der Waals surface area contributed by atoms with Gasteiger partial charge >= 0.3 is 18.1 Å². The summed E-state index contributed by atoms with van der Waals surface area (Å²) >= 11 is 12.7. The molecule has 0 bridgehead atoms. The zero-order valence-corrected chi connectivity index (χ0v) is 27.9. The standard InChI is InChI=1S/C33H33Cl2FN2O4.C2HF3O2/c1-33(17-37(18-33)30(21-6-3-2-4-7-21)22-12-23(34)14-24(35)13-22)19-42-29-16-27(36)26(15-25(29)20-9-10-20)31(39)38-11-5-8-28(38)32(40)41;3-2(4,5)1(6)7/h2-4,6-7,12-16,20,28,30H,5,8-11,17-19H2,1H3,(H,40,41);(H,6,7)/t28-,30?;/m0./s1. The summed E-state index contributed by atoms with van der Waals surface area (Å²) in [6.45, 7) is 4.36. The van der Waals surface area contributed by atoms with Crippen LogP contribution >= 0.6 is 23.2 Å². The minimum absolute atomic E-state index is 0.0274. The number of benzene rings is 3. The second-order valence-electron chi connectivity index (χ2n) is 13.0. The van der Waals surface area contributed by atoms with Crippen LogP contribution in [0.4, 0.5) is 17.6 Å².